The van der Waals surface area contributed by atoms with Crippen molar-refractivity contribution < 1.29 is 4.74 Å². The molecule has 1 heteroatoms. The number of hydrogen-bond acceptors (Lipinski definition) is 1. The van der Waals surface area contributed by atoms with Crippen molar-refractivity contribution in [3.05, 3.63) is 82.9 Å². The summed E-state index contributed by atoms with van der Waals surface area (Å²) in [6.07, 6.45) is 0. The Morgan fingerprint density at radius 3 is 1.28 bits per heavy atom. The third kappa shape index (κ3) is 2.56. The van der Waals surface area contributed by atoms with E-state index >= 15 is 0 Å². The summed E-state index contributed by atoms with van der Waals surface area (Å²) in [5.41, 5.74) is 5.13. The Morgan fingerprint density at radius 2 is 0.880 bits per heavy atom. The first kappa shape index (κ1) is 15.7. The maximum atomic E-state index is 6.48. The van der Waals surface area contributed by atoms with Gasteiger partial charge in [-0.2, -0.15) is 0 Å². The van der Waals surface area contributed by atoms with E-state index in [1.165, 1.54) is 33.0 Å². The summed E-state index contributed by atoms with van der Waals surface area (Å²) in [7, 11) is 0. The SMILES string of the molecule is Cc1cc(Oc2cc(C)c(C)c3ccccc23)c2ccccc2c1C. The van der Waals surface area contributed by atoms with Crippen molar-refractivity contribution in [2.45, 2.75) is 27.7 Å². The third-order valence-electron chi connectivity index (χ3n) is 5.29. The Labute approximate surface area is 148 Å². The highest BCUT2D eigenvalue weighted by Crippen LogP contribution is 2.38. The normalized spacial score (nSPS) is 11.2. The second kappa shape index (κ2) is 5.93. The standard InChI is InChI=1S/C24H22O/c1-15-13-23(21-11-7-5-9-19(21)17(15)3)25-24-14-16(2)18(4)20-10-6-8-12-22(20)24/h5-14H,1-4H3. The summed E-state index contributed by atoms with van der Waals surface area (Å²) < 4.78 is 6.48. The van der Waals surface area contributed by atoms with Crippen LogP contribution >= 0.6 is 0 Å². The van der Waals surface area contributed by atoms with E-state index in [0.29, 0.717) is 0 Å². The van der Waals surface area contributed by atoms with Crippen LogP contribution in [0.5, 0.6) is 11.5 Å². The number of benzene rings is 4. The van der Waals surface area contributed by atoms with Crippen LogP contribution in [0, 0.1) is 27.7 Å². The van der Waals surface area contributed by atoms with Gasteiger partial charge in [-0.1, -0.05) is 48.5 Å². The average molecular weight is 326 g/mol. The van der Waals surface area contributed by atoms with Gasteiger partial charge in [0.15, 0.2) is 0 Å². The zero-order valence-corrected chi connectivity index (χ0v) is 15.2. The summed E-state index contributed by atoms with van der Waals surface area (Å²) in [6.45, 7) is 8.64. The molecule has 0 heterocycles. The maximum absolute atomic E-state index is 6.48. The molecule has 0 spiro atoms. The first-order valence-corrected chi connectivity index (χ1v) is 8.72. The molecule has 0 N–H and O–H groups in total. The molecule has 4 aromatic carbocycles. The predicted molar refractivity (Wildman–Crippen MR) is 107 cm³/mol. The lowest BCUT2D eigenvalue weighted by atomic mass is 9.99. The lowest BCUT2D eigenvalue weighted by Gasteiger charge is -2.16. The average Bonchev–Trinajstić information content (AvgIpc) is 2.64. The predicted octanol–water partition coefficient (Wildman–Crippen LogP) is 7.02. The number of aryl methyl sites for hydroxylation is 4. The highest BCUT2D eigenvalue weighted by Gasteiger charge is 2.12. The van der Waals surface area contributed by atoms with Crippen LogP contribution in [-0.4, -0.2) is 0 Å². The molecule has 0 amide bonds. The molecule has 0 fully saturated rings. The van der Waals surface area contributed by atoms with Gasteiger partial charge in [0.25, 0.3) is 0 Å². The van der Waals surface area contributed by atoms with E-state index in [4.69, 9.17) is 4.74 Å². The van der Waals surface area contributed by atoms with Crippen LogP contribution in [0.25, 0.3) is 21.5 Å². The van der Waals surface area contributed by atoms with Crippen molar-refractivity contribution in [3.63, 3.8) is 0 Å². The minimum atomic E-state index is 0.923. The van der Waals surface area contributed by atoms with Crippen molar-refractivity contribution in [2.75, 3.05) is 0 Å². The Balaban J connectivity index is 1.95. The van der Waals surface area contributed by atoms with E-state index in [2.05, 4.69) is 88.4 Å². The molecule has 0 saturated heterocycles. The lowest BCUT2D eigenvalue weighted by molar-refractivity contribution is 0.493. The Hall–Kier alpha value is -2.80. The molecule has 0 atom stereocenters. The monoisotopic (exact) mass is 326 g/mol. The van der Waals surface area contributed by atoms with Crippen molar-refractivity contribution in [1.29, 1.82) is 0 Å². The summed E-state index contributed by atoms with van der Waals surface area (Å²) in [4.78, 5) is 0. The van der Waals surface area contributed by atoms with Gasteiger partial charge in [0.1, 0.15) is 11.5 Å². The van der Waals surface area contributed by atoms with Gasteiger partial charge in [-0.25, -0.2) is 0 Å². The molecule has 0 bridgehead atoms. The number of ether oxygens (including phenoxy) is 1. The topological polar surface area (TPSA) is 9.23 Å². The molecular weight excluding hydrogens is 304 g/mol. The highest BCUT2D eigenvalue weighted by atomic mass is 16.5. The van der Waals surface area contributed by atoms with Crippen molar-refractivity contribution in [1.82, 2.24) is 0 Å². The fourth-order valence-electron chi connectivity index (χ4n) is 3.53. The summed E-state index contributed by atoms with van der Waals surface area (Å²) in [5.74, 6) is 1.85. The van der Waals surface area contributed by atoms with Crippen molar-refractivity contribution >= 4 is 21.5 Å². The molecular formula is C24H22O. The zero-order valence-electron chi connectivity index (χ0n) is 15.2. The summed E-state index contributed by atoms with van der Waals surface area (Å²) in [6, 6.07) is 21.2. The molecule has 1 nitrogen and oxygen atoms in total. The Bertz CT molecular complexity index is 1020. The molecule has 0 aliphatic heterocycles. The summed E-state index contributed by atoms with van der Waals surface area (Å²) in [5, 5.41) is 4.83. The second-order valence-electron chi connectivity index (χ2n) is 6.83. The van der Waals surface area contributed by atoms with Crippen LogP contribution in [-0.2, 0) is 0 Å². The van der Waals surface area contributed by atoms with Gasteiger partial charge in [0.2, 0.25) is 0 Å². The number of hydrogen-bond donors (Lipinski definition) is 0. The van der Waals surface area contributed by atoms with Crippen molar-refractivity contribution in [2.24, 2.45) is 0 Å². The van der Waals surface area contributed by atoms with Crippen LogP contribution < -0.4 is 4.74 Å². The van der Waals surface area contributed by atoms with Gasteiger partial charge in [-0.05, 0) is 72.9 Å². The number of fused-ring (bicyclic) bond motifs is 2. The smallest absolute Gasteiger partial charge is 0.135 e. The lowest BCUT2D eigenvalue weighted by Crippen LogP contribution is -1.93. The van der Waals surface area contributed by atoms with Gasteiger partial charge in [0.05, 0.1) is 0 Å². The molecule has 0 unspecified atom stereocenters. The molecule has 0 radical (unpaired) electrons. The molecule has 0 saturated carbocycles. The van der Waals surface area contributed by atoms with Gasteiger partial charge >= 0.3 is 0 Å². The van der Waals surface area contributed by atoms with E-state index in [1.807, 2.05) is 0 Å². The summed E-state index contributed by atoms with van der Waals surface area (Å²) >= 11 is 0. The fourth-order valence-corrected chi connectivity index (χ4v) is 3.53. The van der Waals surface area contributed by atoms with E-state index in [1.54, 1.807) is 0 Å². The molecule has 0 aliphatic rings. The molecule has 4 rings (SSSR count). The van der Waals surface area contributed by atoms with E-state index < -0.39 is 0 Å². The Kier molecular flexibility index (Phi) is 3.73. The van der Waals surface area contributed by atoms with Crippen molar-refractivity contribution in [3.8, 4) is 11.5 Å². The maximum Gasteiger partial charge on any atom is 0.135 e. The second-order valence-corrected chi connectivity index (χ2v) is 6.83. The largest absolute Gasteiger partial charge is 0.456 e. The van der Waals surface area contributed by atoms with Gasteiger partial charge in [-0.15, -0.1) is 0 Å². The van der Waals surface area contributed by atoms with Crippen LogP contribution in [0.2, 0.25) is 0 Å². The molecule has 4 aromatic rings. The minimum Gasteiger partial charge on any atom is -0.456 e. The van der Waals surface area contributed by atoms with Crippen LogP contribution in [0.3, 0.4) is 0 Å². The van der Waals surface area contributed by atoms with Crippen LogP contribution in [0.1, 0.15) is 22.3 Å². The number of rotatable bonds is 2. The van der Waals surface area contributed by atoms with Gasteiger partial charge < -0.3 is 4.74 Å². The molecule has 0 aliphatic carbocycles. The third-order valence-corrected chi connectivity index (χ3v) is 5.29. The molecule has 0 aromatic heterocycles. The first-order valence-electron chi connectivity index (χ1n) is 8.72. The van der Waals surface area contributed by atoms with Crippen LogP contribution in [0.4, 0.5) is 0 Å². The highest BCUT2D eigenvalue weighted by molar-refractivity contribution is 5.95. The van der Waals surface area contributed by atoms with Gasteiger partial charge in [0, 0.05) is 10.8 Å². The van der Waals surface area contributed by atoms with Crippen LogP contribution in [0.15, 0.2) is 60.7 Å². The Morgan fingerprint density at radius 1 is 0.520 bits per heavy atom. The molecule has 25 heavy (non-hydrogen) atoms. The quantitative estimate of drug-likeness (QED) is 0.384. The minimum absolute atomic E-state index is 0.923. The first-order chi connectivity index (χ1) is 12.1. The fraction of sp³-hybridized carbons (Fsp3) is 0.167. The van der Waals surface area contributed by atoms with E-state index in [-0.39, 0.29) is 0 Å². The molecule has 124 valence electrons. The zero-order chi connectivity index (χ0) is 17.6. The van der Waals surface area contributed by atoms with E-state index in [0.717, 1.165) is 22.3 Å². The van der Waals surface area contributed by atoms with Gasteiger partial charge in [-0.3, -0.25) is 0 Å². The van der Waals surface area contributed by atoms with E-state index in [9.17, 15) is 0 Å².